The summed E-state index contributed by atoms with van der Waals surface area (Å²) in [6.45, 7) is 3.64. The van der Waals surface area contributed by atoms with Gasteiger partial charge in [-0.2, -0.15) is 13.2 Å². The molecular formula is C19H21F3N4O. The zero-order valence-electron chi connectivity index (χ0n) is 15.0. The molecule has 1 fully saturated rings. The minimum atomic E-state index is -4.58. The zero-order valence-corrected chi connectivity index (χ0v) is 15.0. The average molecular weight is 378 g/mol. The van der Waals surface area contributed by atoms with E-state index in [4.69, 9.17) is 0 Å². The maximum absolute atomic E-state index is 13.1. The van der Waals surface area contributed by atoms with E-state index in [0.29, 0.717) is 11.6 Å². The molecule has 0 spiro atoms. The molecule has 1 aliphatic heterocycles. The van der Waals surface area contributed by atoms with Gasteiger partial charge in [0.2, 0.25) is 5.95 Å². The molecule has 0 radical (unpaired) electrons. The Morgan fingerprint density at radius 2 is 1.85 bits per heavy atom. The first-order chi connectivity index (χ1) is 12.8. The van der Waals surface area contributed by atoms with Crippen molar-refractivity contribution in [3.63, 3.8) is 0 Å². The molecular weight excluding hydrogens is 357 g/mol. The number of carbonyl (C=O) groups is 1. The molecule has 1 aromatic carbocycles. The van der Waals surface area contributed by atoms with Crippen molar-refractivity contribution in [2.24, 2.45) is 0 Å². The first-order valence-corrected chi connectivity index (χ1v) is 8.88. The summed E-state index contributed by atoms with van der Waals surface area (Å²) < 4.78 is 39.2. The molecule has 1 aromatic heterocycles. The minimum Gasteiger partial charge on any atom is -0.346 e. The van der Waals surface area contributed by atoms with E-state index in [0.717, 1.165) is 37.7 Å². The van der Waals surface area contributed by atoms with E-state index in [-0.39, 0.29) is 6.54 Å². The van der Waals surface area contributed by atoms with Gasteiger partial charge in [-0.15, -0.1) is 0 Å². The van der Waals surface area contributed by atoms with Crippen LogP contribution in [0.1, 0.15) is 46.6 Å². The lowest BCUT2D eigenvalue weighted by atomic mass is 10.1. The number of aromatic nitrogens is 2. The second-order valence-electron chi connectivity index (χ2n) is 6.57. The molecule has 1 amide bonds. The molecule has 0 atom stereocenters. The van der Waals surface area contributed by atoms with Crippen molar-refractivity contribution in [1.29, 1.82) is 0 Å². The van der Waals surface area contributed by atoms with Crippen LogP contribution in [-0.2, 0) is 12.7 Å². The van der Waals surface area contributed by atoms with Gasteiger partial charge in [0.15, 0.2) is 0 Å². The number of halogens is 3. The van der Waals surface area contributed by atoms with Gasteiger partial charge < -0.3 is 10.2 Å². The summed E-state index contributed by atoms with van der Waals surface area (Å²) >= 11 is 0. The van der Waals surface area contributed by atoms with E-state index in [9.17, 15) is 18.0 Å². The van der Waals surface area contributed by atoms with E-state index >= 15 is 0 Å². The molecule has 0 saturated carbocycles. The van der Waals surface area contributed by atoms with Crippen LogP contribution in [0.5, 0.6) is 0 Å². The predicted molar refractivity (Wildman–Crippen MR) is 95.4 cm³/mol. The number of anilines is 1. The van der Waals surface area contributed by atoms with Gasteiger partial charge in [-0.1, -0.05) is 12.1 Å². The molecule has 144 valence electrons. The first kappa shape index (κ1) is 19.1. The number of hydrogen-bond donors (Lipinski definition) is 1. The monoisotopic (exact) mass is 378 g/mol. The van der Waals surface area contributed by atoms with Crippen molar-refractivity contribution < 1.29 is 18.0 Å². The quantitative estimate of drug-likeness (QED) is 0.881. The average Bonchev–Trinajstić information content (AvgIpc) is 2.66. The fourth-order valence-electron chi connectivity index (χ4n) is 3.14. The second-order valence-corrected chi connectivity index (χ2v) is 6.57. The Bertz CT molecular complexity index is 817. The van der Waals surface area contributed by atoms with Crippen LogP contribution in [-0.4, -0.2) is 29.0 Å². The minimum absolute atomic E-state index is 0.0369. The molecule has 1 N–H and O–H groups in total. The van der Waals surface area contributed by atoms with Crippen molar-refractivity contribution in [3.05, 3.63) is 52.8 Å². The Labute approximate surface area is 155 Å². The molecule has 1 aliphatic rings. The highest BCUT2D eigenvalue weighted by molar-refractivity contribution is 5.95. The van der Waals surface area contributed by atoms with Gasteiger partial charge in [0.05, 0.1) is 23.4 Å². The number of rotatable bonds is 4. The summed E-state index contributed by atoms with van der Waals surface area (Å²) in [5.74, 6) is -0.173. The van der Waals surface area contributed by atoms with E-state index in [1.165, 1.54) is 24.6 Å². The number of carbonyl (C=O) groups excluding carboxylic acids is 1. The first-order valence-electron chi connectivity index (χ1n) is 8.88. The number of amides is 1. The Hall–Kier alpha value is -2.64. The van der Waals surface area contributed by atoms with Crippen LogP contribution in [0, 0.1) is 6.92 Å². The van der Waals surface area contributed by atoms with E-state index in [1.807, 2.05) is 6.92 Å². The second kappa shape index (κ2) is 7.94. The zero-order chi connectivity index (χ0) is 19.4. The van der Waals surface area contributed by atoms with Gasteiger partial charge >= 0.3 is 6.18 Å². The fraction of sp³-hybridized carbons (Fsp3) is 0.421. The summed E-state index contributed by atoms with van der Waals surface area (Å²) in [6, 6.07) is 6.47. The van der Waals surface area contributed by atoms with Gasteiger partial charge in [-0.05, 0) is 44.4 Å². The maximum atomic E-state index is 13.1. The Morgan fingerprint density at radius 3 is 2.56 bits per heavy atom. The van der Waals surface area contributed by atoms with E-state index in [2.05, 4.69) is 20.2 Å². The van der Waals surface area contributed by atoms with Crippen LogP contribution < -0.4 is 10.2 Å². The highest BCUT2D eigenvalue weighted by Gasteiger charge is 2.34. The van der Waals surface area contributed by atoms with Crippen molar-refractivity contribution in [3.8, 4) is 0 Å². The van der Waals surface area contributed by atoms with Gasteiger partial charge in [-0.25, -0.2) is 9.97 Å². The van der Waals surface area contributed by atoms with Crippen molar-refractivity contribution in [2.45, 2.75) is 38.9 Å². The lowest BCUT2D eigenvalue weighted by Gasteiger charge is -2.27. The standard InChI is InChI=1S/C19H21F3N4O/c1-13-11-14(25-18(24-13)26-9-5-2-6-10-26)12-23-17(27)15-7-3-4-8-16(15)19(20,21)22/h3-4,7-8,11H,2,5-6,9-10,12H2,1H3,(H,23,27). The van der Waals surface area contributed by atoms with Gasteiger partial charge in [0.1, 0.15) is 0 Å². The molecule has 2 aromatic rings. The van der Waals surface area contributed by atoms with Crippen LogP contribution in [0.3, 0.4) is 0 Å². The third-order valence-corrected chi connectivity index (χ3v) is 4.44. The summed E-state index contributed by atoms with van der Waals surface area (Å²) in [4.78, 5) is 23.3. The normalized spacial score (nSPS) is 14.9. The van der Waals surface area contributed by atoms with Crippen LogP contribution in [0.15, 0.2) is 30.3 Å². The lowest BCUT2D eigenvalue weighted by molar-refractivity contribution is -0.137. The van der Waals surface area contributed by atoms with Crippen LogP contribution >= 0.6 is 0 Å². The predicted octanol–water partition coefficient (Wildman–Crippen LogP) is 3.72. The van der Waals surface area contributed by atoms with Crippen molar-refractivity contribution in [2.75, 3.05) is 18.0 Å². The summed E-state index contributed by atoms with van der Waals surface area (Å²) in [6.07, 6.45) is -1.24. The Balaban J connectivity index is 1.73. The van der Waals surface area contributed by atoms with Gasteiger partial charge in [-0.3, -0.25) is 4.79 Å². The maximum Gasteiger partial charge on any atom is 0.417 e. The van der Waals surface area contributed by atoms with E-state index < -0.39 is 23.2 Å². The van der Waals surface area contributed by atoms with Crippen molar-refractivity contribution in [1.82, 2.24) is 15.3 Å². The number of hydrogen-bond acceptors (Lipinski definition) is 4. The summed E-state index contributed by atoms with van der Waals surface area (Å²) in [5.41, 5.74) is -0.0196. The molecule has 0 aliphatic carbocycles. The number of piperidine rings is 1. The number of alkyl halides is 3. The van der Waals surface area contributed by atoms with Gasteiger partial charge in [0.25, 0.3) is 5.91 Å². The van der Waals surface area contributed by atoms with Crippen LogP contribution in [0.25, 0.3) is 0 Å². The summed E-state index contributed by atoms with van der Waals surface area (Å²) in [5, 5.41) is 2.54. The molecule has 3 rings (SSSR count). The molecule has 27 heavy (non-hydrogen) atoms. The largest absolute Gasteiger partial charge is 0.417 e. The van der Waals surface area contributed by atoms with Crippen LogP contribution in [0.4, 0.5) is 19.1 Å². The van der Waals surface area contributed by atoms with E-state index in [1.54, 1.807) is 6.07 Å². The highest BCUT2D eigenvalue weighted by atomic mass is 19.4. The summed E-state index contributed by atoms with van der Waals surface area (Å²) in [7, 11) is 0. The van der Waals surface area contributed by atoms with Crippen LogP contribution in [0.2, 0.25) is 0 Å². The SMILES string of the molecule is Cc1cc(CNC(=O)c2ccccc2C(F)(F)F)nc(N2CCCCC2)n1. The Kier molecular flexibility index (Phi) is 5.62. The molecule has 2 heterocycles. The molecule has 0 bridgehead atoms. The van der Waals surface area contributed by atoms with Crippen molar-refractivity contribution >= 4 is 11.9 Å². The fourth-order valence-corrected chi connectivity index (χ4v) is 3.14. The number of nitrogens with zero attached hydrogens (tertiary/aromatic N) is 3. The Morgan fingerprint density at radius 1 is 1.15 bits per heavy atom. The highest BCUT2D eigenvalue weighted by Crippen LogP contribution is 2.31. The number of benzene rings is 1. The third kappa shape index (κ3) is 4.75. The molecule has 8 heteroatoms. The topological polar surface area (TPSA) is 58.1 Å². The number of nitrogens with one attached hydrogen (secondary N) is 1. The molecule has 5 nitrogen and oxygen atoms in total. The third-order valence-electron chi connectivity index (χ3n) is 4.44. The van der Waals surface area contributed by atoms with Gasteiger partial charge in [0, 0.05) is 18.8 Å². The lowest BCUT2D eigenvalue weighted by Crippen LogP contribution is -2.32. The number of aryl methyl sites for hydroxylation is 1. The molecule has 0 unspecified atom stereocenters. The smallest absolute Gasteiger partial charge is 0.346 e. The molecule has 1 saturated heterocycles.